The van der Waals surface area contributed by atoms with Crippen molar-refractivity contribution < 1.29 is 13.2 Å². The minimum Gasteiger partial charge on any atom is -0.313 e. The number of nitrogens with zero attached hydrogens (tertiary/aromatic N) is 2. The van der Waals surface area contributed by atoms with E-state index in [1.54, 1.807) is 0 Å². The Labute approximate surface area is 114 Å². The van der Waals surface area contributed by atoms with Gasteiger partial charge in [0.05, 0.1) is 0 Å². The van der Waals surface area contributed by atoms with Crippen LogP contribution >= 0.6 is 0 Å². The summed E-state index contributed by atoms with van der Waals surface area (Å²) in [5.74, 6) is 0. The topological polar surface area (TPSA) is 18.5 Å². The highest BCUT2D eigenvalue weighted by atomic mass is 19.4. The maximum absolute atomic E-state index is 12.4. The first-order valence-electron chi connectivity index (χ1n) is 7.02. The zero-order valence-electron chi connectivity index (χ0n) is 12.1. The molecule has 114 valence electrons. The van der Waals surface area contributed by atoms with Crippen molar-refractivity contribution in [2.45, 2.75) is 44.4 Å². The lowest BCUT2D eigenvalue weighted by atomic mass is 10.0. The molecule has 0 amide bonds. The highest BCUT2D eigenvalue weighted by molar-refractivity contribution is 4.87. The molecule has 0 aromatic heterocycles. The molecule has 1 N–H and O–H groups in total. The molecule has 1 fully saturated rings. The Morgan fingerprint density at radius 1 is 1.26 bits per heavy atom. The number of hydrogen-bond acceptors (Lipinski definition) is 3. The van der Waals surface area contributed by atoms with Gasteiger partial charge in [-0.3, -0.25) is 0 Å². The summed E-state index contributed by atoms with van der Waals surface area (Å²) in [4.78, 5) is 4.42. The molecule has 3 nitrogen and oxygen atoms in total. The normalized spacial score (nSPS) is 25.3. The molecule has 2 unspecified atom stereocenters. The van der Waals surface area contributed by atoms with Crippen LogP contribution in [0.2, 0.25) is 0 Å². The van der Waals surface area contributed by atoms with Crippen molar-refractivity contribution in [3.8, 4) is 0 Å². The molecule has 0 saturated carbocycles. The molecule has 1 aliphatic heterocycles. The molecule has 0 radical (unpaired) electrons. The van der Waals surface area contributed by atoms with Crippen LogP contribution in [-0.2, 0) is 0 Å². The van der Waals surface area contributed by atoms with Crippen LogP contribution in [-0.4, -0.2) is 68.3 Å². The predicted molar refractivity (Wildman–Crippen MR) is 71.3 cm³/mol. The second kappa shape index (κ2) is 7.45. The van der Waals surface area contributed by atoms with Gasteiger partial charge in [0.15, 0.2) is 0 Å². The summed E-state index contributed by atoms with van der Waals surface area (Å²) in [6, 6.07) is 0.0481. The van der Waals surface area contributed by atoms with Crippen LogP contribution in [0.15, 0.2) is 0 Å². The van der Waals surface area contributed by atoms with Gasteiger partial charge in [-0.1, -0.05) is 6.92 Å². The first-order valence-corrected chi connectivity index (χ1v) is 7.02. The lowest BCUT2D eigenvalue weighted by Gasteiger charge is -2.35. The summed E-state index contributed by atoms with van der Waals surface area (Å²) < 4.78 is 37.3. The van der Waals surface area contributed by atoms with Crippen LogP contribution in [0.4, 0.5) is 13.2 Å². The average Bonchev–Trinajstić information content (AvgIpc) is 2.45. The van der Waals surface area contributed by atoms with E-state index in [0.717, 1.165) is 26.1 Å². The molecular formula is C13H26F3N3. The molecule has 0 aromatic carbocycles. The Kier molecular flexibility index (Phi) is 6.56. The van der Waals surface area contributed by atoms with E-state index in [9.17, 15) is 13.2 Å². The fraction of sp³-hybridized carbons (Fsp3) is 1.00. The summed E-state index contributed by atoms with van der Waals surface area (Å²) in [5.41, 5.74) is 0. The van der Waals surface area contributed by atoms with Gasteiger partial charge in [0, 0.05) is 25.0 Å². The number of nitrogens with one attached hydrogen (secondary N) is 1. The van der Waals surface area contributed by atoms with Crippen molar-refractivity contribution in [2.75, 3.05) is 40.3 Å². The highest BCUT2D eigenvalue weighted by Crippen LogP contribution is 2.24. The number of alkyl halides is 3. The van der Waals surface area contributed by atoms with Gasteiger partial charge in [-0.2, -0.15) is 13.2 Å². The minimum atomic E-state index is -4.07. The SMILES string of the molecule is CCNC(CCC(F)(F)F)C1CN(C)CCCN1C. The van der Waals surface area contributed by atoms with E-state index in [-0.39, 0.29) is 18.5 Å². The Morgan fingerprint density at radius 2 is 1.95 bits per heavy atom. The van der Waals surface area contributed by atoms with Crippen LogP contribution in [0.3, 0.4) is 0 Å². The van der Waals surface area contributed by atoms with Gasteiger partial charge >= 0.3 is 6.18 Å². The number of halogens is 3. The van der Waals surface area contributed by atoms with Crippen LogP contribution in [0.25, 0.3) is 0 Å². The smallest absolute Gasteiger partial charge is 0.313 e. The molecule has 0 aromatic rings. The van der Waals surface area contributed by atoms with Gasteiger partial charge in [0.2, 0.25) is 0 Å². The molecule has 1 saturated heterocycles. The van der Waals surface area contributed by atoms with Crippen molar-refractivity contribution in [1.29, 1.82) is 0 Å². The predicted octanol–water partition coefficient (Wildman–Crippen LogP) is 1.94. The molecule has 1 heterocycles. The molecule has 1 aliphatic rings. The second-order valence-corrected chi connectivity index (χ2v) is 5.48. The first-order chi connectivity index (χ1) is 8.83. The number of likely N-dealkylation sites (N-methyl/N-ethyl adjacent to an activating group) is 3. The van der Waals surface area contributed by atoms with Gasteiger partial charge in [0.1, 0.15) is 0 Å². The molecular weight excluding hydrogens is 255 g/mol. The van der Waals surface area contributed by atoms with E-state index in [4.69, 9.17) is 0 Å². The van der Waals surface area contributed by atoms with Crippen molar-refractivity contribution in [2.24, 2.45) is 0 Å². The van der Waals surface area contributed by atoms with E-state index in [1.165, 1.54) is 0 Å². The van der Waals surface area contributed by atoms with E-state index >= 15 is 0 Å². The Hall–Kier alpha value is -0.330. The van der Waals surface area contributed by atoms with E-state index in [0.29, 0.717) is 6.54 Å². The van der Waals surface area contributed by atoms with E-state index in [1.807, 2.05) is 21.0 Å². The van der Waals surface area contributed by atoms with Gasteiger partial charge in [-0.25, -0.2) is 0 Å². The van der Waals surface area contributed by atoms with E-state index < -0.39 is 12.6 Å². The van der Waals surface area contributed by atoms with Gasteiger partial charge in [-0.15, -0.1) is 0 Å². The third-order valence-electron chi connectivity index (χ3n) is 3.79. The molecule has 2 atom stereocenters. The summed E-state index contributed by atoms with van der Waals surface area (Å²) in [6.45, 7) is 5.44. The van der Waals surface area contributed by atoms with Crippen molar-refractivity contribution in [3.63, 3.8) is 0 Å². The molecule has 19 heavy (non-hydrogen) atoms. The summed E-state index contributed by atoms with van der Waals surface area (Å²) in [6.07, 6.45) is -3.55. The summed E-state index contributed by atoms with van der Waals surface area (Å²) >= 11 is 0. The van der Waals surface area contributed by atoms with Gasteiger partial charge in [0.25, 0.3) is 0 Å². The van der Waals surface area contributed by atoms with Crippen LogP contribution in [0, 0.1) is 0 Å². The Bertz CT molecular complexity index is 258. The van der Waals surface area contributed by atoms with Crippen molar-refractivity contribution in [1.82, 2.24) is 15.1 Å². The Morgan fingerprint density at radius 3 is 2.53 bits per heavy atom. The van der Waals surface area contributed by atoms with Crippen LogP contribution < -0.4 is 5.32 Å². The molecule has 6 heteroatoms. The number of hydrogen-bond donors (Lipinski definition) is 1. The summed E-state index contributed by atoms with van der Waals surface area (Å²) in [5, 5.41) is 3.24. The monoisotopic (exact) mass is 281 g/mol. The number of rotatable bonds is 5. The third kappa shape index (κ3) is 6.10. The molecule has 0 aliphatic carbocycles. The van der Waals surface area contributed by atoms with Gasteiger partial charge in [-0.05, 0) is 46.6 Å². The van der Waals surface area contributed by atoms with Crippen molar-refractivity contribution in [3.05, 3.63) is 0 Å². The van der Waals surface area contributed by atoms with Crippen LogP contribution in [0.1, 0.15) is 26.2 Å². The largest absolute Gasteiger partial charge is 0.389 e. The average molecular weight is 281 g/mol. The summed E-state index contributed by atoms with van der Waals surface area (Å²) in [7, 11) is 4.06. The van der Waals surface area contributed by atoms with Crippen molar-refractivity contribution >= 4 is 0 Å². The third-order valence-corrected chi connectivity index (χ3v) is 3.79. The quantitative estimate of drug-likeness (QED) is 0.831. The first kappa shape index (κ1) is 16.7. The van der Waals surface area contributed by atoms with Gasteiger partial charge < -0.3 is 15.1 Å². The fourth-order valence-electron chi connectivity index (χ4n) is 2.75. The fourth-order valence-corrected chi connectivity index (χ4v) is 2.75. The second-order valence-electron chi connectivity index (χ2n) is 5.48. The molecule has 0 spiro atoms. The maximum Gasteiger partial charge on any atom is 0.389 e. The standard InChI is InChI=1S/C13H26F3N3/c1-4-17-11(6-7-13(14,15)16)12-10-18(2)8-5-9-19(12)3/h11-12,17H,4-10H2,1-3H3. The van der Waals surface area contributed by atoms with Crippen LogP contribution in [0.5, 0.6) is 0 Å². The Balaban J connectivity index is 2.65. The van der Waals surface area contributed by atoms with E-state index in [2.05, 4.69) is 15.1 Å². The molecule has 0 bridgehead atoms. The minimum absolute atomic E-state index is 0.0998. The lowest BCUT2D eigenvalue weighted by molar-refractivity contribution is -0.137. The zero-order valence-corrected chi connectivity index (χ0v) is 12.1. The zero-order chi connectivity index (χ0) is 14.5. The lowest BCUT2D eigenvalue weighted by Crippen LogP contribution is -2.52. The highest BCUT2D eigenvalue weighted by Gasteiger charge is 2.33. The molecule has 1 rings (SSSR count). The maximum atomic E-state index is 12.4.